The van der Waals surface area contributed by atoms with Crippen LogP contribution in [0.5, 0.6) is 0 Å². The predicted molar refractivity (Wildman–Crippen MR) is 63.7 cm³/mol. The quantitative estimate of drug-likeness (QED) is 0.750. The Morgan fingerprint density at radius 1 is 1.13 bits per heavy atom. The number of hydrogen-bond donors (Lipinski definition) is 1. The van der Waals surface area contributed by atoms with Gasteiger partial charge < -0.3 is 5.32 Å². The van der Waals surface area contributed by atoms with Crippen LogP contribution in [0.3, 0.4) is 0 Å². The molecule has 86 valence electrons. The van der Waals surface area contributed by atoms with E-state index in [0.29, 0.717) is 0 Å². The van der Waals surface area contributed by atoms with Gasteiger partial charge in [-0.2, -0.15) is 0 Å². The average molecular weight is 207 g/mol. The van der Waals surface area contributed by atoms with E-state index in [4.69, 9.17) is 0 Å². The smallest absolute Gasteiger partial charge is 0.00491 e. The molecule has 0 heterocycles. The highest BCUT2D eigenvalue weighted by molar-refractivity contribution is 5.03. The third-order valence-electron chi connectivity index (χ3n) is 5.50. The molecule has 1 N–H and O–H groups in total. The highest BCUT2D eigenvalue weighted by Gasteiger charge is 2.52. The minimum absolute atomic E-state index is 0.757. The summed E-state index contributed by atoms with van der Waals surface area (Å²) in [7, 11) is 2.09. The zero-order chi connectivity index (χ0) is 10.5. The minimum atomic E-state index is 0.757. The normalized spacial score (nSPS) is 52.4. The van der Waals surface area contributed by atoms with E-state index in [1.165, 1.54) is 13.0 Å². The van der Waals surface area contributed by atoms with Gasteiger partial charge in [-0.25, -0.2) is 0 Å². The van der Waals surface area contributed by atoms with Gasteiger partial charge in [-0.3, -0.25) is 0 Å². The second-order valence-corrected chi connectivity index (χ2v) is 6.84. The summed E-state index contributed by atoms with van der Waals surface area (Å²) in [6.45, 7) is 3.80. The Bertz CT molecular complexity index is 232. The Labute approximate surface area is 94.0 Å². The van der Waals surface area contributed by atoms with Crippen molar-refractivity contribution in [2.45, 2.75) is 45.4 Å². The van der Waals surface area contributed by atoms with Gasteiger partial charge in [-0.1, -0.05) is 6.92 Å². The third-order valence-corrected chi connectivity index (χ3v) is 5.50. The summed E-state index contributed by atoms with van der Waals surface area (Å²) >= 11 is 0. The van der Waals surface area contributed by atoms with Gasteiger partial charge in [0, 0.05) is 0 Å². The van der Waals surface area contributed by atoms with Crippen LogP contribution in [-0.4, -0.2) is 13.6 Å². The zero-order valence-corrected chi connectivity index (χ0v) is 10.3. The first-order valence-corrected chi connectivity index (χ1v) is 6.85. The van der Waals surface area contributed by atoms with Crippen molar-refractivity contribution in [2.24, 2.45) is 29.1 Å². The molecule has 0 radical (unpaired) electrons. The topological polar surface area (TPSA) is 12.0 Å². The van der Waals surface area contributed by atoms with Crippen LogP contribution in [0.25, 0.3) is 0 Å². The molecular weight excluding hydrogens is 182 g/mol. The lowest BCUT2D eigenvalue weighted by atomic mass is 9.46. The first-order valence-electron chi connectivity index (χ1n) is 6.85. The zero-order valence-electron chi connectivity index (χ0n) is 10.3. The van der Waals surface area contributed by atoms with Crippen LogP contribution in [0.1, 0.15) is 45.4 Å². The van der Waals surface area contributed by atoms with Gasteiger partial charge in [-0.15, -0.1) is 0 Å². The lowest BCUT2D eigenvalue weighted by Crippen LogP contribution is -2.50. The molecule has 0 aromatic rings. The van der Waals surface area contributed by atoms with Crippen molar-refractivity contribution in [2.75, 3.05) is 13.6 Å². The molecule has 1 nitrogen and oxygen atoms in total. The molecular formula is C14H25N. The molecule has 0 aliphatic heterocycles. The van der Waals surface area contributed by atoms with Crippen LogP contribution in [0.15, 0.2) is 0 Å². The lowest BCUT2D eigenvalue weighted by molar-refractivity contribution is -0.0879. The highest BCUT2D eigenvalue weighted by atomic mass is 14.8. The Morgan fingerprint density at radius 3 is 2.33 bits per heavy atom. The molecule has 4 fully saturated rings. The average Bonchev–Trinajstić information content (AvgIpc) is 2.14. The van der Waals surface area contributed by atoms with Gasteiger partial charge in [0.25, 0.3) is 0 Å². The lowest BCUT2D eigenvalue weighted by Gasteiger charge is -2.59. The van der Waals surface area contributed by atoms with E-state index in [2.05, 4.69) is 19.3 Å². The molecule has 0 aromatic heterocycles. The molecule has 4 rings (SSSR count). The Balaban J connectivity index is 1.73. The van der Waals surface area contributed by atoms with Crippen molar-refractivity contribution in [1.29, 1.82) is 0 Å². The van der Waals surface area contributed by atoms with Gasteiger partial charge >= 0.3 is 0 Å². The summed E-state index contributed by atoms with van der Waals surface area (Å²) in [5, 5.41) is 3.34. The maximum absolute atomic E-state index is 3.34. The molecule has 4 aliphatic carbocycles. The minimum Gasteiger partial charge on any atom is -0.320 e. The molecule has 2 unspecified atom stereocenters. The molecule has 0 spiro atoms. The number of rotatable bonds is 3. The SMILES string of the molecule is CNCCC1C2CC3CC1CC(C)(C3)C2. The molecule has 4 aliphatic rings. The first kappa shape index (κ1) is 10.1. The summed E-state index contributed by atoms with van der Waals surface area (Å²) < 4.78 is 0. The van der Waals surface area contributed by atoms with Gasteiger partial charge in [0.05, 0.1) is 0 Å². The molecule has 0 amide bonds. The number of nitrogens with one attached hydrogen (secondary N) is 1. The summed E-state index contributed by atoms with van der Waals surface area (Å²) in [4.78, 5) is 0. The van der Waals surface area contributed by atoms with E-state index in [1.807, 2.05) is 0 Å². The molecule has 0 aromatic carbocycles. The van der Waals surface area contributed by atoms with E-state index >= 15 is 0 Å². The molecule has 4 saturated carbocycles. The van der Waals surface area contributed by atoms with Crippen molar-refractivity contribution >= 4 is 0 Å². The maximum atomic E-state index is 3.34. The van der Waals surface area contributed by atoms with Crippen molar-refractivity contribution in [3.63, 3.8) is 0 Å². The summed E-state index contributed by atoms with van der Waals surface area (Å²) in [5.74, 6) is 4.37. The standard InChI is InChI=1S/C14H25N/c1-14-7-10-5-11(8-14)13(3-4-15-2)12(6-10)9-14/h10-13,15H,3-9H2,1-2H3. The fourth-order valence-electron chi connectivity index (χ4n) is 5.32. The van der Waals surface area contributed by atoms with Gasteiger partial charge in [0.1, 0.15) is 0 Å². The Kier molecular flexibility index (Phi) is 2.35. The monoisotopic (exact) mass is 207 g/mol. The largest absolute Gasteiger partial charge is 0.320 e. The fraction of sp³-hybridized carbons (Fsp3) is 1.00. The van der Waals surface area contributed by atoms with Crippen LogP contribution in [0.4, 0.5) is 0 Å². The molecule has 4 bridgehead atoms. The highest BCUT2D eigenvalue weighted by Crippen LogP contribution is 2.62. The van der Waals surface area contributed by atoms with Crippen LogP contribution < -0.4 is 5.32 Å². The van der Waals surface area contributed by atoms with E-state index in [1.54, 1.807) is 32.1 Å². The van der Waals surface area contributed by atoms with Crippen molar-refractivity contribution in [3.8, 4) is 0 Å². The Morgan fingerprint density at radius 2 is 1.80 bits per heavy atom. The second kappa shape index (κ2) is 3.48. The van der Waals surface area contributed by atoms with Crippen LogP contribution in [0.2, 0.25) is 0 Å². The van der Waals surface area contributed by atoms with Crippen molar-refractivity contribution < 1.29 is 0 Å². The maximum Gasteiger partial charge on any atom is -0.00491 e. The summed E-state index contributed by atoms with van der Waals surface area (Å²) in [6.07, 6.45) is 9.23. The van der Waals surface area contributed by atoms with Crippen LogP contribution in [0, 0.1) is 29.1 Å². The van der Waals surface area contributed by atoms with E-state index in [0.717, 1.165) is 29.1 Å². The third kappa shape index (κ3) is 1.63. The number of hydrogen-bond acceptors (Lipinski definition) is 1. The first-order chi connectivity index (χ1) is 7.20. The Hall–Kier alpha value is -0.0400. The van der Waals surface area contributed by atoms with Gasteiger partial charge in [0.15, 0.2) is 0 Å². The van der Waals surface area contributed by atoms with Gasteiger partial charge in [0.2, 0.25) is 0 Å². The van der Waals surface area contributed by atoms with Crippen molar-refractivity contribution in [3.05, 3.63) is 0 Å². The molecule has 2 atom stereocenters. The summed E-state index contributed by atoms with van der Waals surface area (Å²) in [5.41, 5.74) is 0.757. The molecule has 1 heteroatoms. The fourth-order valence-corrected chi connectivity index (χ4v) is 5.32. The molecule has 0 saturated heterocycles. The van der Waals surface area contributed by atoms with E-state index in [-0.39, 0.29) is 0 Å². The van der Waals surface area contributed by atoms with Crippen molar-refractivity contribution in [1.82, 2.24) is 5.32 Å². The van der Waals surface area contributed by atoms with Gasteiger partial charge in [-0.05, 0) is 81.2 Å². The van der Waals surface area contributed by atoms with E-state index < -0.39 is 0 Å². The van der Waals surface area contributed by atoms with Crippen LogP contribution in [-0.2, 0) is 0 Å². The molecule has 15 heavy (non-hydrogen) atoms. The predicted octanol–water partition coefficient (Wildman–Crippen LogP) is 3.06. The van der Waals surface area contributed by atoms with E-state index in [9.17, 15) is 0 Å². The van der Waals surface area contributed by atoms with Crippen LogP contribution >= 0.6 is 0 Å². The summed E-state index contributed by atoms with van der Waals surface area (Å²) in [6, 6.07) is 0. The second-order valence-electron chi connectivity index (χ2n) is 6.84.